The molecule has 0 saturated carbocycles. The van der Waals surface area contributed by atoms with Crippen LogP contribution in [0.4, 0.5) is 0 Å². The second kappa shape index (κ2) is 12.5. The Bertz CT molecular complexity index is 213. The van der Waals surface area contributed by atoms with E-state index in [1.165, 1.54) is 58.5 Å². The van der Waals surface area contributed by atoms with Crippen molar-refractivity contribution < 1.29 is 9.53 Å². The highest BCUT2D eigenvalue weighted by molar-refractivity contribution is 5.71. The van der Waals surface area contributed by atoms with E-state index in [4.69, 9.17) is 4.74 Å². The minimum absolute atomic E-state index is 0.0655. The van der Waals surface area contributed by atoms with Gasteiger partial charge in [0.05, 0.1) is 13.0 Å². The van der Waals surface area contributed by atoms with Crippen molar-refractivity contribution in [1.29, 1.82) is 0 Å². The van der Waals surface area contributed by atoms with E-state index >= 15 is 0 Å². The molecular weight excluding hydrogens is 236 g/mol. The fourth-order valence-corrected chi connectivity index (χ4v) is 2.50. The summed E-state index contributed by atoms with van der Waals surface area (Å²) >= 11 is 0. The average molecular weight is 270 g/mol. The van der Waals surface area contributed by atoms with Gasteiger partial charge in [0.15, 0.2) is 0 Å². The number of rotatable bonds is 12. The van der Waals surface area contributed by atoms with Crippen molar-refractivity contribution in [2.24, 2.45) is 11.8 Å². The Hall–Kier alpha value is -0.530. The largest absolute Gasteiger partial charge is 0.469 e. The highest BCUT2D eigenvalue weighted by atomic mass is 16.5. The first kappa shape index (κ1) is 18.5. The summed E-state index contributed by atoms with van der Waals surface area (Å²) in [6.45, 7) is 6.60. The average Bonchev–Trinajstić information content (AvgIpc) is 2.42. The molecule has 0 aliphatic heterocycles. The molecule has 0 fully saturated rings. The molecule has 0 spiro atoms. The van der Waals surface area contributed by atoms with E-state index < -0.39 is 0 Å². The topological polar surface area (TPSA) is 26.3 Å². The molecule has 19 heavy (non-hydrogen) atoms. The molecule has 2 unspecified atom stereocenters. The third-order valence-electron chi connectivity index (χ3n) is 3.99. The lowest BCUT2D eigenvalue weighted by molar-refractivity contribution is -0.145. The lowest BCUT2D eigenvalue weighted by Crippen LogP contribution is -2.12. The van der Waals surface area contributed by atoms with Crippen molar-refractivity contribution >= 4 is 5.97 Å². The predicted octanol–water partition coefficient (Wildman–Crippen LogP) is 5.35. The summed E-state index contributed by atoms with van der Waals surface area (Å²) < 4.78 is 4.73. The van der Waals surface area contributed by atoms with Crippen LogP contribution in [0.1, 0.15) is 85.0 Å². The third kappa shape index (κ3) is 11.0. The minimum Gasteiger partial charge on any atom is -0.469 e. The van der Waals surface area contributed by atoms with Crippen LogP contribution in [0.3, 0.4) is 0 Å². The Kier molecular flexibility index (Phi) is 12.2. The number of carbonyl (C=O) groups excluding carboxylic acids is 1. The van der Waals surface area contributed by atoms with E-state index in [-0.39, 0.29) is 11.9 Å². The molecule has 0 aliphatic carbocycles. The number of carbonyl (C=O) groups is 1. The van der Waals surface area contributed by atoms with Gasteiger partial charge in [-0.3, -0.25) is 4.79 Å². The summed E-state index contributed by atoms with van der Waals surface area (Å²) in [7, 11) is 1.47. The number of hydrogen-bond acceptors (Lipinski definition) is 2. The summed E-state index contributed by atoms with van der Waals surface area (Å²) in [5.74, 6) is 0.871. The molecule has 0 amide bonds. The van der Waals surface area contributed by atoms with Gasteiger partial charge in [0, 0.05) is 0 Å². The van der Waals surface area contributed by atoms with Gasteiger partial charge in [0.1, 0.15) is 0 Å². The fraction of sp³-hybridized carbons (Fsp3) is 0.941. The Balaban J connectivity index is 3.36. The van der Waals surface area contributed by atoms with Gasteiger partial charge in [0.25, 0.3) is 0 Å². The van der Waals surface area contributed by atoms with Crippen LogP contribution in [0.5, 0.6) is 0 Å². The minimum atomic E-state index is -0.0655. The van der Waals surface area contributed by atoms with Crippen LogP contribution >= 0.6 is 0 Å². The monoisotopic (exact) mass is 270 g/mol. The van der Waals surface area contributed by atoms with E-state index in [0.29, 0.717) is 0 Å². The van der Waals surface area contributed by atoms with Crippen LogP contribution < -0.4 is 0 Å². The fourth-order valence-electron chi connectivity index (χ4n) is 2.50. The number of esters is 1. The smallest absolute Gasteiger partial charge is 0.308 e. The van der Waals surface area contributed by atoms with Crippen molar-refractivity contribution in [2.45, 2.75) is 85.0 Å². The molecule has 0 aromatic carbocycles. The zero-order valence-electron chi connectivity index (χ0n) is 13.5. The molecule has 2 nitrogen and oxygen atoms in total. The molecule has 0 saturated heterocycles. The first-order valence-electron chi connectivity index (χ1n) is 8.19. The van der Waals surface area contributed by atoms with Crippen molar-refractivity contribution in [3.05, 3.63) is 0 Å². The summed E-state index contributed by atoms with van der Waals surface area (Å²) in [5.41, 5.74) is 0. The standard InChI is InChI=1S/C17H34O2/c1-5-6-7-9-12-15(2)13-10-8-11-14-16(3)17(18)19-4/h15-16H,5-14H2,1-4H3. The number of ether oxygens (including phenoxy) is 1. The predicted molar refractivity (Wildman–Crippen MR) is 82.2 cm³/mol. The quantitative estimate of drug-likeness (QED) is 0.353. The summed E-state index contributed by atoms with van der Waals surface area (Å²) in [5, 5.41) is 0. The first-order valence-corrected chi connectivity index (χ1v) is 8.19. The Morgan fingerprint density at radius 3 is 1.95 bits per heavy atom. The second-order valence-corrected chi connectivity index (χ2v) is 6.02. The molecule has 0 aromatic heterocycles. The van der Waals surface area contributed by atoms with E-state index in [0.717, 1.165) is 18.8 Å². The molecule has 0 rings (SSSR count). The molecule has 0 aromatic rings. The number of unbranched alkanes of at least 4 members (excludes halogenated alkanes) is 5. The Morgan fingerprint density at radius 1 is 0.895 bits per heavy atom. The molecule has 0 radical (unpaired) electrons. The third-order valence-corrected chi connectivity index (χ3v) is 3.99. The zero-order valence-corrected chi connectivity index (χ0v) is 13.5. The van der Waals surface area contributed by atoms with Crippen molar-refractivity contribution in [3.8, 4) is 0 Å². The van der Waals surface area contributed by atoms with Gasteiger partial charge in [-0.1, -0.05) is 78.6 Å². The molecular formula is C17H34O2. The van der Waals surface area contributed by atoms with Crippen molar-refractivity contribution in [2.75, 3.05) is 7.11 Å². The van der Waals surface area contributed by atoms with Crippen molar-refractivity contribution in [3.63, 3.8) is 0 Å². The van der Waals surface area contributed by atoms with Gasteiger partial charge in [-0.2, -0.15) is 0 Å². The van der Waals surface area contributed by atoms with Crippen LogP contribution in [0, 0.1) is 11.8 Å². The van der Waals surface area contributed by atoms with E-state index in [2.05, 4.69) is 13.8 Å². The van der Waals surface area contributed by atoms with Gasteiger partial charge in [-0.25, -0.2) is 0 Å². The van der Waals surface area contributed by atoms with Gasteiger partial charge < -0.3 is 4.74 Å². The lowest BCUT2D eigenvalue weighted by Gasteiger charge is -2.12. The van der Waals surface area contributed by atoms with Gasteiger partial charge in [-0.05, 0) is 12.3 Å². The Labute approximate surface area is 120 Å². The molecule has 0 bridgehead atoms. The Morgan fingerprint density at radius 2 is 1.42 bits per heavy atom. The van der Waals surface area contributed by atoms with Crippen LogP contribution in [0.2, 0.25) is 0 Å². The maximum atomic E-state index is 11.2. The maximum absolute atomic E-state index is 11.2. The first-order chi connectivity index (χ1) is 9.11. The molecule has 2 atom stereocenters. The number of hydrogen-bond donors (Lipinski definition) is 0. The highest BCUT2D eigenvalue weighted by Gasteiger charge is 2.12. The van der Waals surface area contributed by atoms with E-state index in [9.17, 15) is 4.79 Å². The van der Waals surface area contributed by atoms with Gasteiger partial charge in [0.2, 0.25) is 0 Å². The number of methoxy groups -OCH3 is 1. The lowest BCUT2D eigenvalue weighted by atomic mass is 9.95. The summed E-state index contributed by atoms with van der Waals surface area (Å²) in [4.78, 5) is 11.2. The molecule has 2 heteroatoms. The zero-order chi connectivity index (χ0) is 14.5. The second-order valence-electron chi connectivity index (χ2n) is 6.02. The van der Waals surface area contributed by atoms with Gasteiger partial charge in [-0.15, -0.1) is 0 Å². The van der Waals surface area contributed by atoms with Crippen molar-refractivity contribution in [1.82, 2.24) is 0 Å². The molecule has 114 valence electrons. The normalized spacial score (nSPS) is 14.1. The van der Waals surface area contributed by atoms with Crippen LogP contribution in [0.15, 0.2) is 0 Å². The molecule has 0 heterocycles. The van der Waals surface area contributed by atoms with Crippen LogP contribution in [-0.4, -0.2) is 13.1 Å². The van der Waals surface area contributed by atoms with E-state index in [1.807, 2.05) is 6.92 Å². The highest BCUT2D eigenvalue weighted by Crippen LogP contribution is 2.18. The molecule has 0 aliphatic rings. The van der Waals surface area contributed by atoms with E-state index in [1.54, 1.807) is 0 Å². The maximum Gasteiger partial charge on any atom is 0.308 e. The summed E-state index contributed by atoms with van der Waals surface area (Å²) in [6.07, 6.45) is 12.9. The SMILES string of the molecule is CCCCCCC(C)CCCCCC(C)C(=O)OC. The summed E-state index contributed by atoms with van der Waals surface area (Å²) in [6, 6.07) is 0. The molecule has 0 N–H and O–H groups in total. The van der Waals surface area contributed by atoms with Crippen LogP contribution in [-0.2, 0) is 9.53 Å². The van der Waals surface area contributed by atoms with Crippen LogP contribution in [0.25, 0.3) is 0 Å². The van der Waals surface area contributed by atoms with Gasteiger partial charge >= 0.3 is 5.97 Å².